The molecule has 0 saturated carbocycles. The lowest BCUT2D eigenvalue weighted by Crippen LogP contribution is -2.54. The fourth-order valence-electron chi connectivity index (χ4n) is 1.95. The van der Waals surface area contributed by atoms with Gasteiger partial charge in [-0.05, 0) is 40.0 Å². The predicted molar refractivity (Wildman–Crippen MR) is 69.6 cm³/mol. The van der Waals surface area contributed by atoms with Crippen LogP contribution in [-0.4, -0.2) is 41.5 Å². The third-order valence-electron chi connectivity index (χ3n) is 3.15. The number of halogens is 3. The van der Waals surface area contributed by atoms with Crippen molar-refractivity contribution in [1.29, 1.82) is 0 Å². The Morgan fingerprint density at radius 3 is 2.20 bits per heavy atom. The quantitative estimate of drug-likeness (QED) is 0.643. The van der Waals surface area contributed by atoms with Crippen molar-refractivity contribution in [3.8, 4) is 0 Å². The van der Waals surface area contributed by atoms with Crippen molar-refractivity contribution in [1.82, 2.24) is 5.32 Å². The summed E-state index contributed by atoms with van der Waals surface area (Å²) in [5.41, 5.74) is -1.11. The molecule has 0 saturated heterocycles. The van der Waals surface area contributed by atoms with Crippen molar-refractivity contribution in [3.63, 3.8) is 0 Å². The van der Waals surface area contributed by atoms with Crippen LogP contribution in [0.3, 0.4) is 0 Å². The summed E-state index contributed by atoms with van der Waals surface area (Å²) < 4.78 is 41.4. The first-order chi connectivity index (χ1) is 9.05. The van der Waals surface area contributed by atoms with E-state index >= 15 is 0 Å². The third-order valence-corrected chi connectivity index (χ3v) is 3.15. The van der Waals surface area contributed by atoms with E-state index in [1.807, 2.05) is 13.8 Å². The molecule has 7 heteroatoms. The first kappa shape index (κ1) is 19.2. The Labute approximate surface area is 117 Å². The van der Waals surface area contributed by atoms with Crippen LogP contribution in [0, 0.1) is 0 Å². The Balaban J connectivity index is 4.39. The van der Waals surface area contributed by atoms with Crippen LogP contribution in [0.1, 0.15) is 47.0 Å². The summed E-state index contributed by atoms with van der Waals surface area (Å²) in [5.74, 6) is -0.988. The second kappa shape index (κ2) is 7.83. The van der Waals surface area contributed by atoms with Gasteiger partial charge >= 0.3 is 12.1 Å². The Kier molecular flexibility index (Phi) is 7.51. The van der Waals surface area contributed by atoms with Gasteiger partial charge in [-0.3, -0.25) is 10.1 Å². The number of rotatable bonds is 9. The maximum Gasteiger partial charge on any atom is 0.414 e. The summed E-state index contributed by atoms with van der Waals surface area (Å²) in [4.78, 5) is 11.4. The molecule has 4 nitrogen and oxygen atoms in total. The summed E-state index contributed by atoms with van der Waals surface area (Å²) in [6.45, 7) is 6.22. The first-order valence-corrected chi connectivity index (χ1v) is 6.74. The second-order valence-corrected chi connectivity index (χ2v) is 5.20. The summed E-state index contributed by atoms with van der Waals surface area (Å²) in [7, 11) is 0. The highest BCUT2D eigenvalue weighted by molar-refractivity contribution is 5.78. The van der Waals surface area contributed by atoms with Crippen LogP contribution in [0.25, 0.3) is 0 Å². The van der Waals surface area contributed by atoms with Crippen LogP contribution < -0.4 is 5.32 Å². The van der Waals surface area contributed by atoms with E-state index in [0.717, 1.165) is 6.92 Å². The molecule has 2 unspecified atom stereocenters. The second-order valence-electron chi connectivity index (χ2n) is 5.20. The van der Waals surface area contributed by atoms with Crippen molar-refractivity contribution in [3.05, 3.63) is 0 Å². The highest BCUT2D eigenvalue weighted by Gasteiger charge is 2.38. The monoisotopic (exact) mass is 299 g/mol. The number of carboxylic acids is 1. The smallest absolute Gasteiger partial charge is 0.414 e. The topological polar surface area (TPSA) is 58.6 Å². The van der Waals surface area contributed by atoms with Gasteiger partial charge in [0.25, 0.3) is 0 Å². The third kappa shape index (κ3) is 6.09. The van der Waals surface area contributed by atoms with Crippen LogP contribution in [0.15, 0.2) is 0 Å². The lowest BCUT2D eigenvalue weighted by Gasteiger charge is -2.32. The van der Waals surface area contributed by atoms with Gasteiger partial charge in [0, 0.05) is 12.6 Å². The van der Waals surface area contributed by atoms with E-state index in [0.29, 0.717) is 6.42 Å². The van der Waals surface area contributed by atoms with Gasteiger partial charge < -0.3 is 9.84 Å². The molecular weight excluding hydrogens is 275 g/mol. The van der Waals surface area contributed by atoms with Crippen LogP contribution >= 0.6 is 0 Å². The number of hydrogen-bond acceptors (Lipinski definition) is 3. The van der Waals surface area contributed by atoms with Gasteiger partial charge in [-0.2, -0.15) is 13.2 Å². The zero-order valence-electron chi connectivity index (χ0n) is 12.4. The van der Waals surface area contributed by atoms with Gasteiger partial charge in [0.1, 0.15) is 5.54 Å². The lowest BCUT2D eigenvalue weighted by molar-refractivity contribution is -0.214. The van der Waals surface area contributed by atoms with Crippen LogP contribution in [0.5, 0.6) is 0 Å². The molecule has 2 atom stereocenters. The zero-order valence-corrected chi connectivity index (χ0v) is 12.4. The van der Waals surface area contributed by atoms with E-state index < -0.39 is 23.8 Å². The van der Waals surface area contributed by atoms with Gasteiger partial charge in [-0.1, -0.05) is 6.92 Å². The molecular formula is C13H24F3NO3. The molecule has 0 spiro atoms. The summed E-state index contributed by atoms with van der Waals surface area (Å²) >= 11 is 0. The number of ether oxygens (including phenoxy) is 1. The maximum atomic E-state index is 12.2. The van der Waals surface area contributed by atoms with Crippen molar-refractivity contribution in [2.24, 2.45) is 0 Å². The Morgan fingerprint density at radius 2 is 1.85 bits per heavy atom. The summed E-state index contributed by atoms with van der Waals surface area (Å²) in [6.07, 6.45) is -5.39. The molecule has 0 amide bonds. The minimum Gasteiger partial charge on any atom is -0.480 e. The Morgan fingerprint density at radius 1 is 1.30 bits per heavy atom. The molecule has 0 aromatic carbocycles. The zero-order chi connectivity index (χ0) is 16.0. The van der Waals surface area contributed by atoms with Crippen molar-refractivity contribution >= 4 is 5.97 Å². The predicted octanol–water partition coefficient (Wildman–Crippen LogP) is 2.97. The first-order valence-electron chi connectivity index (χ1n) is 6.74. The molecule has 0 aliphatic carbocycles. The standard InChI is InChI=1S/C13H24F3NO3/c1-5-12(11(18)19,17-9(2)3)7-6-8-20-10(4)13(14,15)16/h9-10,17H,5-8H2,1-4H3,(H,18,19). The van der Waals surface area contributed by atoms with E-state index in [1.165, 1.54) is 0 Å². The molecule has 0 aromatic heterocycles. The number of nitrogens with one attached hydrogen (secondary N) is 1. The normalized spacial score (nSPS) is 17.0. The van der Waals surface area contributed by atoms with Crippen LogP contribution in [-0.2, 0) is 9.53 Å². The van der Waals surface area contributed by atoms with E-state index in [4.69, 9.17) is 0 Å². The van der Waals surface area contributed by atoms with E-state index in [-0.39, 0.29) is 25.5 Å². The summed E-state index contributed by atoms with van der Waals surface area (Å²) in [6, 6.07) is -0.0268. The molecule has 0 aromatic rings. The van der Waals surface area contributed by atoms with Crippen LogP contribution in [0.4, 0.5) is 13.2 Å². The molecule has 0 bridgehead atoms. The SMILES string of the molecule is CCC(CCCOC(C)C(F)(F)F)(NC(C)C)C(=O)O. The number of hydrogen-bond donors (Lipinski definition) is 2. The highest BCUT2D eigenvalue weighted by Crippen LogP contribution is 2.24. The number of carbonyl (C=O) groups is 1. The largest absolute Gasteiger partial charge is 0.480 e. The minimum atomic E-state index is -4.38. The summed E-state index contributed by atoms with van der Waals surface area (Å²) in [5, 5.41) is 12.3. The molecule has 2 N–H and O–H groups in total. The van der Waals surface area contributed by atoms with Crippen molar-refractivity contribution < 1.29 is 27.8 Å². The highest BCUT2D eigenvalue weighted by atomic mass is 19.4. The Bertz CT molecular complexity index is 308. The molecule has 0 fully saturated rings. The van der Waals surface area contributed by atoms with E-state index in [1.54, 1.807) is 6.92 Å². The van der Waals surface area contributed by atoms with Crippen molar-refractivity contribution in [2.45, 2.75) is 70.8 Å². The molecule has 0 aliphatic heterocycles. The molecule has 0 heterocycles. The Hall–Kier alpha value is -0.820. The fourth-order valence-corrected chi connectivity index (χ4v) is 1.95. The lowest BCUT2D eigenvalue weighted by atomic mass is 9.89. The number of carboxylic acid groups (broad SMARTS) is 1. The molecule has 0 rings (SSSR count). The minimum absolute atomic E-state index is 0.0268. The van der Waals surface area contributed by atoms with Gasteiger partial charge in [-0.15, -0.1) is 0 Å². The van der Waals surface area contributed by atoms with Crippen molar-refractivity contribution in [2.75, 3.05) is 6.61 Å². The fraction of sp³-hybridized carbons (Fsp3) is 0.923. The number of aliphatic carboxylic acids is 1. The average molecular weight is 299 g/mol. The molecule has 0 aliphatic rings. The van der Waals surface area contributed by atoms with Gasteiger partial charge in [0.15, 0.2) is 6.10 Å². The maximum absolute atomic E-state index is 12.2. The van der Waals surface area contributed by atoms with Gasteiger partial charge in [0.2, 0.25) is 0 Å². The van der Waals surface area contributed by atoms with Gasteiger partial charge in [0.05, 0.1) is 0 Å². The van der Waals surface area contributed by atoms with Gasteiger partial charge in [-0.25, -0.2) is 0 Å². The molecule has 0 radical (unpaired) electrons. The van der Waals surface area contributed by atoms with E-state index in [9.17, 15) is 23.1 Å². The van der Waals surface area contributed by atoms with Crippen LogP contribution in [0.2, 0.25) is 0 Å². The average Bonchev–Trinajstić information content (AvgIpc) is 2.30. The van der Waals surface area contributed by atoms with E-state index in [2.05, 4.69) is 10.1 Å². The number of alkyl halides is 3. The molecule has 120 valence electrons. The molecule has 20 heavy (non-hydrogen) atoms.